The second-order valence-electron chi connectivity index (χ2n) is 7.61. The van der Waals surface area contributed by atoms with Gasteiger partial charge in [0.1, 0.15) is 24.5 Å². The molecule has 0 amide bonds. The highest BCUT2D eigenvalue weighted by Crippen LogP contribution is 2.24. The lowest BCUT2D eigenvalue weighted by molar-refractivity contribution is -0.219. The maximum absolute atomic E-state index is 10.0. The zero-order chi connectivity index (χ0) is 17.6. The third-order valence-electron chi connectivity index (χ3n) is 4.38. The van der Waals surface area contributed by atoms with E-state index >= 15 is 0 Å². The van der Waals surface area contributed by atoms with Crippen molar-refractivity contribution < 1.29 is 25.5 Å². The standard InChI is InChI=1S/C17H33NO5/c1-17(2,3)9-7-5-4-6-8-10-18-12(11-19)13(20)14(21)15(22)16(18)23/h6,8,12-16,19-23H,4-5,7,9-11H2,1-3H3/b8-6+/t12-,13-,14+,15-,16?/m1/s1. The van der Waals surface area contributed by atoms with Crippen LogP contribution in [0.1, 0.15) is 46.5 Å². The van der Waals surface area contributed by atoms with E-state index in [4.69, 9.17) is 0 Å². The largest absolute Gasteiger partial charge is 0.395 e. The van der Waals surface area contributed by atoms with Crippen molar-refractivity contribution in [1.29, 1.82) is 0 Å². The van der Waals surface area contributed by atoms with E-state index in [1.54, 1.807) is 0 Å². The van der Waals surface area contributed by atoms with Crippen molar-refractivity contribution in [3.8, 4) is 0 Å². The summed E-state index contributed by atoms with van der Waals surface area (Å²) < 4.78 is 0. The molecular weight excluding hydrogens is 298 g/mol. The van der Waals surface area contributed by atoms with Gasteiger partial charge in [-0.3, -0.25) is 4.90 Å². The Bertz CT molecular complexity index is 368. The van der Waals surface area contributed by atoms with Crippen LogP contribution in [0.3, 0.4) is 0 Å². The van der Waals surface area contributed by atoms with Crippen molar-refractivity contribution in [1.82, 2.24) is 4.90 Å². The Kier molecular flexibility index (Phi) is 8.13. The summed E-state index contributed by atoms with van der Waals surface area (Å²) in [6.07, 6.45) is 2.70. The van der Waals surface area contributed by atoms with Crippen LogP contribution in [0.15, 0.2) is 12.2 Å². The van der Waals surface area contributed by atoms with Gasteiger partial charge in [0.2, 0.25) is 0 Å². The van der Waals surface area contributed by atoms with E-state index in [2.05, 4.69) is 20.8 Å². The minimum absolute atomic E-state index is 0.298. The summed E-state index contributed by atoms with van der Waals surface area (Å²) in [4.78, 5) is 1.41. The number of piperidine rings is 1. The van der Waals surface area contributed by atoms with Gasteiger partial charge in [-0.15, -0.1) is 0 Å². The van der Waals surface area contributed by atoms with Crippen molar-refractivity contribution in [2.45, 2.75) is 77.0 Å². The Morgan fingerprint density at radius 3 is 2.13 bits per heavy atom. The Labute approximate surface area is 139 Å². The topological polar surface area (TPSA) is 104 Å². The molecule has 0 aliphatic carbocycles. The van der Waals surface area contributed by atoms with Crippen LogP contribution in [0.2, 0.25) is 0 Å². The minimum Gasteiger partial charge on any atom is -0.395 e. The van der Waals surface area contributed by atoms with Crippen LogP contribution < -0.4 is 0 Å². The zero-order valence-corrected chi connectivity index (χ0v) is 14.5. The van der Waals surface area contributed by atoms with Crippen molar-refractivity contribution in [3.63, 3.8) is 0 Å². The van der Waals surface area contributed by atoms with Gasteiger partial charge in [0, 0.05) is 6.54 Å². The Morgan fingerprint density at radius 2 is 1.57 bits per heavy atom. The number of aliphatic hydroxyl groups excluding tert-OH is 5. The molecule has 23 heavy (non-hydrogen) atoms. The van der Waals surface area contributed by atoms with Crippen molar-refractivity contribution in [3.05, 3.63) is 12.2 Å². The number of hydrogen-bond acceptors (Lipinski definition) is 6. The minimum atomic E-state index is -1.46. The molecular formula is C17H33NO5. The number of likely N-dealkylation sites (tertiary alicyclic amines) is 1. The van der Waals surface area contributed by atoms with Crippen LogP contribution in [-0.4, -0.2) is 74.2 Å². The van der Waals surface area contributed by atoms with Gasteiger partial charge in [-0.1, -0.05) is 39.3 Å². The Morgan fingerprint density at radius 1 is 0.913 bits per heavy atom. The fourth-order valence-corrected chi connectivity index (χ4v) is 2.88. The van der Waals surface area contributed by atoms with E-state index < -0.39 is 37.2 Å². The molecule has 0 bridgehead atoms. The second kappa shape index (κ2) is 9.11. The molecule has 1 saturated heterocycles. The molecule has 1 aliphatic heterocycles. The number of aliphatic hydroxyl groups is 5. The molecule has 1 aliphatic rings. The number of hydrogen-bond donors (Lipinski definition) is 5. The lowest BCUT2D eigenvalue weighted by atomic mass is 9.89. The molecule has 5 atom stereocenters. The van der Waals surface area contributed by atoms with E-state index in [0.29, 0.717) is 12.0 Å². The Balaban J connectivity index is 2.43. The lowest BCUT2D eigenvalue weighted by Crippen LogP contribution is -2.67. The molecule has 0 spiro atoms. The molecule has 5 N–H and O–H groups in total. The Hall–Kier alpha value is -0.500. The van der Waals surface area contributed by atoms with E-state index in [1.165, 1.54) is 11.3 Å². The maximum atomic E-state index is 10.0. The van der Waals surface area contributed by atoms with Gasteiger partial charge >= 0.3 is 0 Å². The quantitative estimate of drug-likeness (QED) is 0.338. The molecule has 136 valence electrons. The maximum Gasteiger partial charge on any atom is 0.136 e. The fourth-order valence-electron chi connectivity index (χ4n) is 2.88. The molecule has 0 radical (unpaired) electrons. The summed E-state index contributed by atoms with van der Waals surface area (Å²) in [5.74, 6) is 0. The van der Waals surface area contributed by atoms with Gasteiger partial charge in [0.05, 0.1) is 12.6 Å². The molecule has 6 nitrogen and oxygen atoms in total. The smallest absolute Gasteiger partial charge is 0.136 e. The molecule has 1 heterocycles. The third-order valence-corrected chi connectivity index (χ3v) is 4.38. The number of unbranched alkanes of at least 4 members (excludes halogenated alkanes) is 2. The number of allylic oxidation sites excluding steroid dienone is 1. The monoisotopic (exact) mass is 331 g/mol. The van der Waals surface area contributed by atoms with Crippen LogP contribution in [0, 0.1) is 5.41 Å². The average Bonchev–Trinajstić information content (AvgIpc) is 2.48. The lowest BCUT2D eigenvalue weighted by Gasteiger charge is -2.46. The van der Waals surface area contributed by atoms with Crippen LogP contribution in [0.5, 0.6) is 0 Å². The van der Waals surface area contributed by atoms with Gasteiger partial charge in [-0.2, -0.15) is 0 Å². The molecule has 6 heteroatoms. The SMILES string of the molecule is CC(C)(C)CCCC/C=C/CN1C(O)[C@H](O)[C@@H](O)[C@H](O)[C@H]1CO. The highest BCUT2D eigenvalue weighted by Gasteiger charge is 2.46. The molecule has 0 saturated carbocycles. The molecule has 1 rings (SSSR count). The van der Waals surface area contributed by atoms with Crippen molar-refractivity contribution >= 4 is 0 Å². The van der Waals surface area contributed by atoms with Crippen molar-refractivity contribution in [2.75, 3.05) is 13.2 Å². The third kappa shape index (κ3) is 6.14. The molecule has 0 aromatic heterocycles. The molecule has 1 fully saturated rings. The second-order valence-corrected chi connectivity index (χ2v) is 7.61. The van der Waals surface area contributed by atoms with Crippen LogP contribution in [0.4, 0.5) is 0 Å². The van der Waals surface area contributed by atoms with Gasteiger partial charge in [0.15, 0.2) is 0 Å². The first-order valence-electron chi connectivity index (χ1n) is 8.43. The summed E-state index contributed by atoms with van der Waals surface area (Å²) in [5, 5.41) is 48.7. The fraction of sp³-hybridized carbons (Fsp3) is 0.882. The zero-order valence-electron chi connectivity index (χ0n) is 14.5. The molecule has 0 aromatic rings. The summed E-state index contributed by atoms with van der Waals surface area (Å²) in [6.45, 7) is 6.57. The number of rotatable bonds is 7. The average molecular weight is 331 g/mol. The van der Waals surface area contributed by atoms with E-state index in [-0.39, 0.29) is 0 Å². The van der Waals surface area contributed by atoms with E-state index in [0.717, 1.165) is 19.3 Å². The summed E-state index contributed by atoms with van der Waals surface area (Å²) in [6, 6.07) is -0.797. The van der Waals surface area contributed by atoms with E-state index in [1.807, 2.05) is 12.2 Å². The molecule has 1 unspecified atom stereocenters. The van der Waals surface area contributed by atoms with Gasteiger partial charge in [0.25, 0.3) is 0 Å². The van der Waals surface area contributed by atoms with Gasteiger partial charge < -0.3 is 25.5 Å². The van der Waals surface area contributed by atoms with Gasteiger partial charge in [-0.25, -0.2) is 0 Å². The normalized spacial score (nSPS) is 33.5. The number of nitrogens with zero attached hydrogens (tertiary/aromatic N) is 1. The summed E-state index contributed by atoms with van der Waals surface area (Å²) in [5.41, 5.74) is 0.350. The first-order chi connectivity index (χ1) is 10.7. The summed E-state index contributed by atoms with van der Waals surface area (Å²) >= 11 is 0. The van der Waals surface area contributed by atoms with Crippen molar-refractivity contribution in [2.24, 2.45) is 5.41 Å². The first-order valence-corrected chi connectivity index (χ1v) is 8.43. The van der Waals surface area contributed by atoms with Gasteiger partial charge in [-0.05, 0) is 24.7 Å². The predicted octanol–water partition coefficient (Wildman–Crippen LogP) is 0.227. The first kappa shape index (κ1) is 20.5. The van der Waals surface area contributed by atoms with Crippen LogP contribution in [-0.2, 0) is 0 Å². The van der Waals surface area contributed by atoms with Crippen LogP contribution in [0.25, 0.3) is 0 Å². The predicted molar refractivity (Wildman–Crippen MR) is 88.7 cm³/mol. The highest BCUT2D eigenvalue weighted by molar-refractivity contribution is 4.99. The molecule has 0 aromatic carbocycles. The summed E-state index contributed by atoms with van der Waals surface area (Å²) in [7, 11) is 0. The highest BCUT2D eigenvalue weighted by atomic mass is 16.4. The van der Waals surface area contributed by atoms with Crippen LogP contribution >= 0.6 is 0 Å². The van der Waals surface area contributed by atoms with E-state index in [9.17, 15) is 25.5 Å².